The summed E-state index contributed by atoms with van der Waals surface area (Å²) in [7, 11) is 0. The number of hydrogen-bond acceptors (Lipinski definition) is 3. The van der Waals surface area contributed by atoms with Crippen LogP contribution in [0.5, 0.6) is 0 Å². The van der Waals surface area contributed by atoms with Gasteiger partial charge in [-0.1, -0.05) is 25.1 Å². The number of nitrogens with one attached hydrogen (secondary N) is 1. The largest absolute Gasteiger partial charge is 0.362 e. The van der Waals surface area contributed by atoms with Crippen molar-refractivity contribution in [1.29, 1.82) is 0 Å². The maximum atomic E-state index is 4.57. The van der Waals surface area contributed by atoms with Crippen LogP contribution in [0.1, 0.15) is 40.0 Å². The van der Waals surface area contributed by atoms with Crippen molar-refractivity contribution in [2.45, 2.75) is 52.1 Å². The van der Waals surface area contributed by atoms with Gasteiger partial charge in [-0.05, 0) is 26.7 Å². The van der Waals surface area contributed by atoms with Gasteiger partial charge < -0.3 is 5.32 Å². The second-order valence-electron chi connectivity index (χ2n) is 3.75. The normalized spacial score (nSPS) is 25.2. The zero-order chi connectivity index (χ0) is 9.68. The summed E-state index contributed by atoms with van der Waals surface area (Å²) in [4.78, 5) is 4.57. The van der Waals surface area contributed by atoms with Crippen LogP contribution in [0.2, 0.25) is 0 Å². The van der Waals surface area contributed by atoms with E-state index in [4.69, 9.17) is 0 Å². The fraction of sp³-hybridized carbons (Fsp3) is 0.900. The van der Waals surface area contributed by atoms with Crippen LogP contribution in [0.25, 0.3) is 0 Å². The predicted octanol–water partition coefficient (Wildman–Crippen LogP) is 2.65. The van der Waals surface area contributed by atoms with Gasteiger partial charge in [0.05, 0.1) is 6.04 Å². The molecule has 0 spiro atoms. The molecule has 0 aromatic carbocycles. The van der Waals surface area contributed by atoms with Crippen molar-refractivity contribution < 1.29 is 0 Å². The van der Waals surface area contributed by atoms with E-state index in [9.17, 15) is 0 Å². The third-order valence-electron chi connectivity index (χ3n) is 2.20. The molecule has 0 fully saturated rings. The van der Waals surface area contributed by atoms with Crippen LogP contribution >= 0.6 is 11.8 Å². The highest BCUT2D eigenvalue weighted by molar-refractivity contribution is 8.13. The summed E-state index contributed by atoms with van der Waals surface area (Å²) in [6.45, 7) is 6.63. The molecule has 1 rings (SSSR count). The second-order valence-corrected chi connectivity index (χ2v) is 4.84. The van der Waals surface area contributed by atoms with Crippen LogP contribution in [-0.2, 0) is 0 Å². The van der Waals surface area contributed by atoms with Gasteiger partial charge in [-0.3, -0.25) is 4.99 Å². The Balaban J connectivity index is 2.34. The van der Waals surface area contributed by atoms with Gasteiger partial charge in [-0.25, -0.2) is 0 Å². The van der Waals surface area contributed by atoms with E-state index in [-0.39, 0.29) is 0 Å². The Morgan fingerprint density at radius 1 is 1.69 bits per heavy atom. The molecule has 1 N–H and O–H groups in total. The quantitative estimate of drug-likeness (QED) is 0.757. The minimum absolute atomic E-state index is 0.512. The summed E-state index contributed by atoms with van der Waals surface area (Å²) in [5.41, 5.74) is 0. The van der Waals surface area contributed by atoms with Crippen molar-refractivity contribution in [1.82, 2.24) is 5.32 Å². The molecule has 76 valence electrons. The van der Waals surface area contributed by atoms with Crippen LogP contribution < -0.4 is 5.32 Å². The van der Waals surface area contributed by atoms with Gasteiger partial charge >= 0.3 is 0 Å². The third-order valence-corrected chi connectivity index (χ3v) is 3.14. The van der Waals surface area contributed by atoms with Gasteiger partial charge in [0.15, 0.2) is 5.17 Å². The molecular formula is C10H20N2S. The maximum absolute atomic E-state index is 4.57. The van der Waals surface area contributed by atoms with Crippen molar-refractivity contribution in [3.05, 3.63) is 0 Å². The van der Waals surface area contributed by atoms with Crippen molar-refractivity contribution in [2.24, 2.45) is 4.99 Å². The van der Waals surface area contributed by atoms with E-state index in [1.807, 2.05) is 11.8 Å². The van der Waals surface area contributed by atoms with E-state index in [1.54, 1.807) is 0 Å². The first kappa shape index (κ1) is 10.9. The lowest BCUT2D eigenvalue weighted by Gasteiger charge is -2.21. The fourth-order valence-corrected chi connectivity index (χ4v) is 2.61. The summed E-state index contributed by atoms with van der Waals surface area (Å²) in [6, 6.07) is 1.08. The van der Waals surface area contributed by atoms with E-state index in [0.29, 0.717) is 12.1 Å². The topological polar surface area (TPSA) is 24.4 Å². The minimum atomic E-state index is 0.512. The number of amidine groups is 1. The zero-order valence-corrected chi connectivity index (χ0v) is 9.66. The molecule has 0 saturated carbocycles. The summed E-state index contributed by atoms with van der Waals surface area (Å²) in [5.74, 6) is 1.21. The summed E-state index contributed by atoms with van der Waals surface area (Å²) in [6.07, 6.45) is 3.69. The minimum Gasteiger partial charge on any atom is -0.362 e. The number of nitrogens with zero attached hydrogens (tertiary/aromatic N) is 1. The SMILES string of the molecule is CCCC(C)NC1=NC(C)CCS1. The van der Waals surface area contributed by atoms with Gasteiger partial charge in [0.2, 0.25) is 0 Å². The van der Waals surface area contributed by atoms with Crippen LogP contribution in [0.3, 0.4) is 0 Å². The van der Waals surface area contributed by atoms with Crippen molar-refractivity contribution in [2.75, 3.05) is 5.75 Å². The first-order valence-electron chi connectivity index (χ1n) is 5.19. The van der Waals surface area contributed by atoms with Crippen LogP contribution in [0, 0.1) is 0 Å². The Bertz CT molecular complexity index is 180. The number of rotatable bonds is 3. The summed E-state index contributed by atoms with van der Waals surface area (Å²) in [5, 5.41) is 4.62. The molecule has 1 aliphatic heterocycles. The van der Waals surface area contributed by atoms with E-state index in [2.05, 4.69) is 31.1 Å². The first-order chi connectivity index (χ1) is 6.22. The van der Waals surface area contributed by atoms with Crippen LogP contribution in [0.4, 0.5) is 0 Å². The van der Waals surface area contributed by atoms with E-state index in [1.165, 1.54) is 25.0 Å². The highest BCUT2D eigenvalue weighted by Crippen LogP contribution is 2.16. The number of thioether (sulfide) groups is 1. The maximum Gasteiger partial charge on any atom is 0.157 e. The molecule has 0 amide bonds. The van der Waals surface area contributed by atoms with E-state index >= 15 is 0 Å². The molecule has 0 aliphatic carbocycles. The average Bonchev–Trinajstić information content (AvgIpc) is 2.04. The lowest BCUT2D eigenvalue weighted by Crippen LogP contribution is -2.33. The Hall–Kier alpha value is -0.180. The summed E-state index contributed by atoms with van der Waals surface area (Å²) >= 11 is 1.86. The number of hydrogen-bond donors (Lipinski definition) is 1. The second kappa shape index (κ2) is 5.53. The molecule has 0 radical (unpaired) electrons. The molecule has 2 nitrogen and oxygen atoms in total. The Morgan fingerprint density at radius 3 is 3.08 bits per heavy atom. The zero-order valence-electron chi connectivity index (χ0n) is 8.84. The van der Waals surface area contributed by atoms with Gasteiger partial charge in [0, 0.05) is 11.8 Å². The molecule has 0 aromatic heterocycles. The van der Waals surface area contributed by atoms with Gasteiger partial charge in [0.1, 0.15) is 0 Å². The molecule has 0 saturated heterocycles. The Morgan fingerprint density at radius 2 is 2.46 bits per heavy atom. The van der Waals surface area contributed by atoms with E-state index in [0.717, 1.165) is 5.17 Å². The highest BCUT2D eigenvalue weighted by atomic mass is 32.2. The monoisotopic (exact) mass is 200 g/mol. The third kappa shape index (κ3) is 4.03. The standard InChI is InChI=1S/C10H20N2S/c1-4-5-8(2)11-10-12-9(3)6-7-13-10/h8-9H,4-7H2,1-3H3,(H,11,12). The number of aliphatic imine (C=N–C) groups is 1. The molecule has 3 heteroatoms. The van der Waals surface area contributed by atoms with Crippen molar-refractivity contribution >= 4 is 16.9 Å². The van der Waals surface area contributed by atoms with Crippen LogP contribution in [-0.4, -0.2) is 23.0 Å². The van der Waals surface area contributed by atoms with E-state index < -0.39 is 0 Å². The van der Waals surface area contributed by atoms with Gasteiger partial charge in [-0.2, -0.15) is 0 Å². The molecule has 2 unspecified atom stereocenters. The van der Waals surface area contributed by atoms with Crippen molar-refractivity contribution in [3.8, 4) is 0 Å². The molecule has 1 aliphatic rings. The van der Waals surface area contributed by atoms with Gasteiger partial charge in [0.25, 0.3) is 0 Å². The molecule has 0 aromatic rings. The smallest absolute Gasteiger partial charge is 0.157 e. The van der Waals surface area contributed by atoms with Gasteiger partial charge in [-0.15, -0.1) is 0 Å². The Labute approximate surface area is 85.6 Å². The fourth-order valence-electron chi connectivity index (χ4n) is 1.42. The lowest BCUT2D eigenvalue weighted by molar-refractivity contribution is 0.594. The summed E-state index contributed by atoms with van der Waals surface area (Å²) < 4.78 is 0. The van der Waals surface area contributed by atoms with Crippen LogP contribution in [0.15, 0.2) is 4.99 Å². The highest BCUT2D eigenvalue weighted by Gasteiger charge is 2.12. The molecule has 13 heavy (non-hydrogen) atoms. The molecule has 0 bridgehead atoms. The molecular weight excluding hydrogens is 180 g/mol. The molecule has 1 heterocycles. The predicted molar refractivity (Wildman–Crippen MR) is 61.5 cm³/mol. The first-order valence-corrected chi connectivity index (χ1v) is 6.18. The molecule has 2 atom stereocenters. The van der Waals surface area contributed by atoms with Crippen molar-refractivity contribution in [3.63, 3.8) is 0 Å². The lowest BCUT2D eigenvalue weighted by atomic mass is 10.2. The Kier molecular flexibility index (Phi) is 4.64. The average molecular weight is 200 g/mol.